The fourth-order valence-electron chi connectivity index (χ4n) is 3.96. The fraction of sp³-hybridized carbons (Fsp3) is 0.385. The second-order valence-electron chi connectivity index (χ2n) is 8.54. The number of carbonyl (C=O) groups is 1. The van der Waals surface area contributed by atoms with Gasteiger partial charge in [-0.05, 0) is 36.1 Å². The summed E-state index contributed by atoms with van der Waals surface area (Å²) in [4.78, 5) is 22.0. The van der Waals surface area contributed by atoms with Gasteiger partial charge in [0.2, 0.25) is 5.91 Å². The number of anilines is 1. The van der Waals surface area contributed by atoms with Gasteiger partial charge in [-0.1, -0.05) is 42.5 Å². The van der Waals surface area contributed by atoms with Gasteiger partial charge in [0.1, 0.15) is 0 Å². The maximum atomic E-state index is 13.3. The molecule has 0 spiro atoms. The summed E-state index contributed by atoms with van der Waals surface area (Å²) in [7, 11) is 4.06. The molecule has 32 heavy (non-hydrogen) atoms. The molecule has 1 unspecified atom stereocenters. The van der Waals surface area contributed by atoms with Gasteiger partial charge in [0, 0.05) is 51.3 Å². The van der Waals surface area contributed by atoms with E-state index in [0.717, 1.165) is 47.8 Å². The summed E-state index contributed by atoms with van der Waals surface area (Å²) >= 11 is 1.63. The number of ether oxygens (including phenoxy) is 1. The van der Waals surface area contributed by atoms with Crippen molar-refractivity contribution >= 4 is 22.9 Å². The lowest BCUT2D eigenvalue weighted by Gasteiger charge is -2.26. The number of hydrogen-bond acceptors (Lipinski definition) is 5. The van der Waals surface area contributed by atoms with Gasteiger partial charge in [-0.25, -0.2) is 4.98 Å². The number of hydrogen-bond donors (Lipinski definition) is 0. The highest BCUT2D eigenvalue weighted by Gasteiger charge is 2.23. The Hall–Kier alpha value is -2.70. The molecule has 6 heteroatoms. The van der Waals surface area contributed by atoms with E-state index >= 15 is 0 Å². The molecule has 1 aliphatic rings. The molecule has 0 N–H and O–H groups in total. The average Bonchev–Trinajstić information content (AvgIpc) is 3.46. The molecule has 5 nitrogen and oxygen atoms in total. The second-order valence-corrected chi connectivity index (χ2v) is 9.48. The summed E-state index contributed by atoms with van der Waals surface area (Å²) in [5.41, 5.74) is 4.37. The molecular weight excluding hydrogens is 418 g/mol. The molecule has 1 atom stereocenters. The topological polar surface area (TPSA) is 45.7 Å². The molecule has 1 amide bonds. The van der Waals surface area contributed by atoms with Gasteiger partial charge in [0.05, 0.1) is 23.2 Å². The first-order chi connectivity index (χ1) is 15.6. The SMILES string of the molecule is CN(C)c1ccc(CN(CC2CCCO2)C(=O)Cc2csc(Cc3ccccc3)n2)cc1. The van der Waals surface area contributed by atoms with Gasteiger partial charge in [-0.15, -0.1) is 11.3 Å². The molecule has 1 aliphatic heterocycles. The van der Waals surface area contributed by atoms with Crippen molar-refractivity contribution in [3.8, 4) is 0 Å². The first kappa shape index (κ1) is 22.5. The number of amides is 1. The van der Waals surface area contributed by atoms with E-state index in [0.29, 0.717) is 19.5 Å². The van der Waals surface area contributed by atoms with Crippen LogP contribution in [0.5, 0.6) is 0 Å². The number of benzene rings is 2. The number of nitrogens with zero attached hydrogens (tertiary/aromatic N) is 3. The normalized spacial score (nSPS) is 15.6. The molecule has 4 rings (SSSR count). The summed E-state index contributed by atoms with van der Waals surface area (Å²) in [6, 6.07) is 18.7. The third-order valence-electron chi connectivity index (χ3n) is 5.76. The fourth-order valence-corrected chi connectivity index (χ4v) is 4.79. The van der Waals surface area contributed by atoms with Gasteiger partial charge in [0.25, 0.3) is 0 Å². The van der Waals surface area contributed by atoms with Crippen LogP contribution < -0.4 is 4.90 Å². The third-order valence-corrected chi connectivity index (χ3v) is 6.65. The molecule has 1 saturated heterocycles. The molecule has 0 bridgehead atoms. The Balaban J connectivity index is 1.42. The zero-order chi connectivity index (χ0) is 22.3. The molecule has 1 fully saturated rings. The zero-order valence-corrected chi connectivity index (χ0v) is 19.7. The second kappa shape index (κ2) is 10.7. The molecule has 0 saturated carbocycles. The maximum Gasteiger partial charge on any atom is 0.229 e. The van der Waals surface area contributed by atoms with E-state index in [9.17, 15) is 4.79 Å². The minimum Gasteiger partial charge on any atom is -0.378 e. The van der Waals surface area contributed by atoms with E-state index in [1.54, 1.807) is 11.3 Å². The van der Waals surface area contributed by atoms with Gasteiger partial charge in [-0.2, -0.15) is 0 Å². The lowest BCUT2D eigenvalue weighted by molar-refractivity contribution is -0.132. The predicted octanol–water partition coefficient (Wildman–Crippen LogP) is 4.55. The summed E-state index contributed by atoms with van der Waals surface area (Å²) in [5.74, 6) is 0.105. The highest BCUT2D eigenvalue weighted by molar-refractivity contribution is 7.09. The van der Waals surface area contributed by atoms with Gasteiger partial charge in [0.15, 0.2) is 0 Å². The largest absolute Gasteiger partial charge is 0.378 e. The van der Waals surface area contributed by atoms with Crippen LogP contribution in [0.25, 0.3) is 0 Å². The Morgan fingerprint density at radius 2 is 1.88 bits per heavy atom. The van der Waals surface area contributed by atoms with Crippen LogP contribution in [0, 0.1) is 0 Å². The predicted molar refractivity (Wildman–Crippen MR) is 130 cm³/mol. The van der Waals surface area contributed by atoms with E-state index in [4.69, 9.17) is 9.72 Å². The monoisotopic (exact) mass is 449 g/mol. The highest BCUT2D eigenvalue weighted by atomic mass is 32.1. The van der Waals surface area contributed by atoms with Crippen molar-refractivity contribution in [2.45, 2.75) is 38.3 Å². The Kier molecular flexibility index (Phi) is 7.55. The van der Waals surface area contributed by atoms with Crippen LogP contribution in [0.3, 0.4) is 0 Å². The van der Waals surface area contributed by atoms with E-state index < -0.39 is 0 Å². The Morgan fingerprint density at radius 1 is 1.09 bits per heavy atom. The third kappa shape index (κ3) is 6.17. The smallest absolute Gasteiger partial charge is 0.229 e. The van der Waals surface area contributed by atoms with Gasteiger partial charge in [-0.3, -0.25) is 4.79 Å². The summed E-state index contributed by atoms with van der Waals surface area (Å²) in [5, 5.41) is 3.07. The lowest BCUT2D eigenvalue weighted by Crippen LogP contribution is -2.37. The summed E-state index contributed by atoms with van der Waals surface area (Å²) in [6.45, 7) is 2.02. The van der Waals surface area contributed by atoms with Crippen molar-refractivity contribution in [2.75, 3.05) is 32.1 Å². The van der Waals surface area contributed by atoms with E-state index in [1.165, 1.54) is 5.56 Å². The van der Waals surface area contributed by atoms with Crippen molar-refractivity contribution in [2.24, 2.45) is 0 Å². The highest BCUT2D eigenvalue weighted by Crippen LogP contribution is 2.20. The quantitative estimate of drug-likeness (QED) is 0.481. The minimum absolute atomic E-state index is 0.105. The standard InChI is InChI=1S/C26H31N3O2S/c1-28(2)23-12-10-21(11-13-23)17-29(18-24-9-6-14-31-24)26(30)16-22-19-32-25(27-22)15-20-7-4-3-5-8-20/h3-5,7-8,10-13,19,24H,6,9,14-18H2,1-2H3. The zero-order valence-electron chi connectivity index (χ0n) is 18.9. The molecular formula is C26H31N3O2S. The molecule has 3 aromatic rings. The van der Waals surface area contributed by atoms with E-state index in [1.807, 2.05) is 42.6 Å². The molecule has 2 heterocycles. The molecule has 2 aromatic carbocycles. The van der Waals surface area contributed by atoms with Crippen LogP contribution in [0.1, 0.15) is 34.7 Å². The van der Waals surface area contributed by atoms with Gasteiger partial charge >= 0.3 is 0 Å². The number of thiazole rings is 1. The molecule has 0 radical (unpaired) electrons. The molecule has 1 aromatic heterocycles. The van der Waals surface area contributed by atoms with Crippen molar-refractivity contribution in [1.29, 1.82) is 0 Å². The first-order valence-corrected chi connectivity index (χ1v) is 12.1. The van der Waals surface area contributed by atoms with E-state index in [2.05, 4.69) is 41.3 Å². The van der Waals surface area contributed by atoms with Crippen LogP contribution >= 0.6 is 11.3 Å². The number of carbonyl (C=O) groups excluding carboxylic acids is 1. The Labute approximate surface area is 194 Å². The molecule has 168 valence electrons. The number of rotatable bonds is 9. The van der Waals surface area contributed by atoms with Crippen LogP contribution in [0.4, 0.5) is 5.69 Å². The lowest BCUT2D eigenvalue weighted by atomic mass is 10.1. The number of aromatic nitrogens is 1. The van der Waals surface area contributed by atoms with Crippen molar-refractivity contribution in [3.63, 3.8) is 0 Å². The van der Waals surface area contributed by atoms with Crippen molar-refractivity contribution in [3.05, 3.63) is 81.8 Å². The van der Waals surface area contributed by atoms with Crippen molar-refractivity contribution < 1.29 is 9.53 Å². The molecule has 0 aliphatic carbocycles. The van der Waals surface area contributed by atoms with Crippen molar-refractivity contribution in [1.82, 2.24) is 9.88 Å². The average molecular weight is 450 g/mol. The first-order valence-electron chi connectivity index (χ1n) is 11.2. The Bertz CT molecular complexity index is 995. The van der Waals surface area contributed by atoms with Gasteiger partial charge < -0.3 is 14.5 Å². The van der Waals surface area contributed by atoms with Crippen LogP contribution in [-0.4, -0.2) is 49.1 Å². The van der Waals surface area contributed by atoms with E-state index in [-0.39, 0.29) is 12.0 Å². The van der Waals surface area contributed by atoms with Crippen LogP contribution in [0.15, 0.2) is 60.0 Å². The summed E-state index contributed by atoms with van der Waals surface area (Å²) < 4.78 is 5.83. The Morgan fingerprint density at radius 3 is 2.56 bits per heavy atom. The van der Waals surface area contributed by atoms with Crippen LogP contribution in [0.2, 0.25) is 0 Å². The summed E-state index contributed by atoms with van der Waals surface area (Å²) in [6.07, 6.45) is 3.34. The maximum absolute atomic E-state index is 13.3. The van der Waals surface area contributed by atoms with Crippen LogP contribution in [-0.2, 0) is 28.9 Å². The minimum atomic E-state index is 0.105.